The highest BCUT2D eigenvalue weighted by molar-refractivity contribution is 5.44. The van der Waals surface area contributed by atoms with Crippen LogP contribution in [-0.4, -0.2) is 5.11 Å². The normalized spacial score (nSPS) is 13.1. The smallest absolute Gasteiger partial charge is 0.133 e. The number of hydrogen-bond donors (Lipinski definition) is 1. The van der Waals surface area contributed by atoms with Gasteiger partial charge in [-0.3, -0.25) is 0 Å². The number of hydrogen-bond acceptors (Lipinski definition) is 2. The van der Waals surface area contributed by atoms with Gasteiger partial charge in [0.2, 0.25) is 0 Å². The van der Waals surface area contributed by atoms with E-state index in [2.05, 4.69) is 26.8 Å². The van der Waals surface area contributed by atoms with E-state index in [1.165, 1.54) is 0 Å². The van der Waals surface area contributed by atoms with Crippen molar-refractivity contribution in [2.45, 2.75) is 39.2 Å². The number of ether oxygens (including phenoxy) is 1. The van der Waals surface area contributed by atoms with Crippen LogP contribution in [0.2, 0.25) is 0 Å². The maximum Gasteiger partial charge on any atom is 0.133 e. The van der Waals surface area contributed by atoms with Gasteiger partial charge in [-0.05, 0) is 24.5 Å². The number of benzene rings is 2. The highest BCUT2D eigenvalue weighted by atomic mass is 16.5. The first-order valence-corrected chi connectivity index (χ1v) is 6.94. The molecule has 0 spiro atoms. The number of aliphatic hydroxyl groups is 1. The van der Waals surface area contributed by atoms with Crippen LogP contribution in [0.15, 0.2) is 48.5 Å². The lowest BCUT2D eigenvalue weighted by Gasteiger charge is -2.23. The van der Waals surface area contributed by atoms with Crippen LogP contribution < -0.4 is 4.74 Å². The van der Waals surface area contributed by atoms with E-state index >= 15 is 0 Å². The molecule has 0 aromatic heterocycles. The third kappa shape index (κ3) is 3.20. The molecule has 0 aliphatic rings. The van der Waals surface area contributed by atoms with Crippen LogP contribution in [0.4, 0.5) is 0 Å². The Kier molecular flexibility index (Phi) is 4.15. The molecule has 20 heavy (non-hydrogen) atoms. The average Bonchev–Trinajstić information content (AvgIpc) is 2.38. The average molecular weight is 270 g/mol. The molecule has 0 bridgehead atoms. The van der Waals surface area contributed by atoms with Gasteiger partial charge in [0.05, 0.1) is 6.10 Å². The summed E-state index contributed by atoms with van der Waals surface area (Å²) in [5, 5.41) is 9.83. The van der Waals surface area contributed by atoms with Crippen LogP contribution >= 0.6 is 0 Å². The summed E-state index contributed by atoms with van der Waals surface area (Å²) >= 11 is 0. The summed E-state index contributed by atoms with van der Waals surface area (Å²) in [6.45, 7) is 8.24. The highest BCUT2D eigenvalue weighted by Crippen LogP contribution is 2.36. The molecule has 0 saturated carbocycles. The van der Waals surface area contributed by atoms with Crippen LogP contribution in [0.25, 0.3) is 0 Å². The van der Waals surface area contributed by atoms with Crippen LogP contribution in [0.3, 0.4) is 0 Å². The fraction of sp³-hybridized carbons (Fsp3) is 0.333. The molecule has 0 heterocycles. The van der Waals surface area contributed by atoms with Gasteiger partial charge in [-0.1, -0.05) is 57.2 Å². The van der Waals surface area contributed by atoms with E-state index in [0.717, 1.165) is 16.9 Å². The van der Waals surface area contributed by atoms with Gasteiger partial charge in [0.15, 0.2) is 0 Å². The predicted molar refractivity (Wildman–Crippen MR) is 82.3 cm³/mol. The van der Waals surface area contributed by atoms with Gasteiger partial charge in [0, 0.05) is 11.1 Å². The van der Waals surface area contributed by atoms with E-state index in [4.69, 9.17) is 4.74 Å². The van der Waals surface area contributed by atoms with E-state index in [1.54, 1.807) is 6.92 Å². The van der Waals surface area contributed by atoms with Crippen LogP contribution in [0, 0.1) is 0 Å². The molecule has 0 amide bonds. The summed E-state index contributed by atoms with van der Waals surface area (Å²) in [4.78, 5) is 0. The molecular weight excluding hydrogens is 248 g/mol. The molecule has 2 aromatic carbocycles. The fourth-order valence-electron chi connectivity index (χ4n) is 2.21. The van der Waals surface area contributed by atoms with Crippen molar-refractivity contribution in [1.82, 2.24) is 0 Å². The number of para-hydroxylation sites is 2. The Morgan fingerprint density at radius 1 is 0.900 bits per heavy atom. The zero-order chi connectivity index (χ0) is 14.8. The zero-order valence-electron chi connectivity index (χ0n) is 12.6. The molecule has 2 rings (SSSR count). The highest BCUT2D eigenvalue weighted by Gasteiger charge is 2.19. The van der Waals surface area contributed by atoms with Crippen molar-refractivity contribution in [2.24, 2.45) is 0 Å². The van der Waals surface area contributed by atoms with Gasteiger partial charge in [-0.25, -0.2) is 0 Å². The molecule has 2 aromatic rings. The van der Waals surface area contributed by atoms with Gasteiger partial charge < -0.3 is 9.84 Å². The summed E-state index contributed by atoms with van der Waals surface area (Å²) in [7, 11) is 0. The second kappa shape index (κ2) is 5.68. The summed E-state index contributed by atoms with van der Waals surface area (Å²) in [6.07, 6.45) is -0.548. The lowest BCUT2D eigenvalue weighted by molar-refractivity contribution is 0.195. The first-order valence-electron chi connectivity index (χ1n) is 6.94. The maximum atomic E-state index is 9.83. The Balaban J connectivity index is 2.41. The zero-order valence-corrected chi connectivity index (χ0v) is 12.6. The third-order valence-corrected chi connectivity index (χ3v) is 3.28. The van der Waals surface area contributed by atoms with E-state index in [1.807, 2.05) is 42.5 Å². The lowest BCUT2D eigenvalue weighted by Crippen LogP contribution is -2.12. The molecule has 0 fully saturated rings. The molecule has 0 aliphatic heterocycles. The van der Waals surface area contributed by atoms with Gasteiger partial charge in [-0.15, -0.1) is 0 Å². The van der Waals surface area contributed by atoms with E-state index in [9.17, 15) is 5.11 Å². The quantitative estimate of drug-likeness (QED) is 0.865. The molecule has 106 valence electrons. The lowest BCUT2D eigenvalue weighted by atomic mass is 9.86. The van der Waals surface area contributed by atoms with Crippen molar-refractivity contribution in [3.63, 3.8) is 0 Å². The Bertz CT molecular complexity index is 580. The first kappa shape index (κ1) is 14.6. The van der Waals surface area contributed by atoms with Crippen molar-refractivity contribution < 1.29 is 9.84 Å². The minimum atomic E-state index is -0.548. The van der Waals surface area contributed by atoms with Crippen molar-refractivity contribution in [2.75, 3.05) is 0 Å². The molecule has 0 saturated heterocycles. The van der Waals surface area contributed by atoms with Crippen LogP contribution in [0.1, 0.15) is 44.9 Å². The Morgan fingerprint density at radius 3 is 2.05 bits per heavy atom. The topological polar surface area (TPSA) is 29.5 Å². The second-order valence-electron chi connectivity index (χ2n) is 6.06. The third-order valence-electron chi connectivity index (χ3n) is 3.28. The van der Waals surface area contributed by atoms with Crippen molar-refractivity contribution in [3.05, 3.63) is 59.7 Å². The summed E-state index contributed by atoms with van der Waals surface area (Å²) in [6, 6.07) is 15.6. The maximum absolute atomic E-state index is 9.83. The molecule has 1 N–H and O–H groups in total. The van der Waals surface area contributed by atoms with Crippen LogP contribution in [-0.2, 0) is 5.41 Å². The van der Waals surface area contributed by atoms with Crippen molar-refractivity contribution in [3.8, 4) is 11.5 Å². The molecule has 1 atom stereocenters. The molecular formula is C18H22O2. The molecule has 0 radical (unpaired) electrons. The number of rotatable bonds is 3. The fourth-order valence-corrected chi connectivity index (χ4v) is 2.21. The minimum Gasteiger partial charge on any atom is -0.457 e. The Hall–Kier alpha value is -1.80. The largest absolute Gasteiger partial charge is 0.457 e. The van der Waals surface area contributed by atoms with Gasteiger partial charge >= 0.3 is 0 Å². The summed E-state index contributed by atoms with van der Waals surface area (Å²) < 4.78 is 6.07. The first-order chi connectivity index (χ1) is 9.39. The van der Waals surface area contributed by atoms with E-state index in [-0.39, 0.29) is 5.41 Å². The molecule has 2 nitrogen and oxygen atoms in total. The van der Waals surface area contributed by atoms with Gasteiger partial charge in [0.1, 0.15) is 11.5 Å². The molecule has 0 aliphatic carbocycles. The van der Waals surface area contributed by atoms with E-state index in [0.29, 0.717) is 5.75 Å². The Labute approximate surface area is 121 Å². The van der Waals surface area contributed by atoms with Crippen LogP contribution in [0.5, 0.6) is 11.5 Å². The number of aliphatic hydroxyl groups excluding tert-OH is 1. The minimum absolute atomic E-state index is 0.0103. The second-order valence-corrected chi connectivity index (χ2v) is 6.06. The van der Waals surface area contributed by atoms with Crippen molar-refractivity contribution in [1.29, 1.82) is 0 Å². The molecule has 0 unspecified atom stereocenters. The summed E-state index contributed by atoms with van der Waals surface area (Å²) in [5.41, 5.74) is 1.97. The van der Waals surface area contributed by atoms with E-state index < -0.39 is 6.10 Å². The monoisotopic (exact) mass is 270 g/mol. The Morgan fingerprint density at radius 2 is 1.45 bits per heavy atom. The summed E-state index contributed by atoms with van der Waals surface area (Å²) in [5.74, 6) is 1.55. The molecule has 2 heteroatoms. The SMILES string of the molecule is C[C@H](O)c1ccccc1Oc1ccccc1C(C)(C)C. The predicted octanol–water partition coefficient (Wildman–Crippen LogP) is 4.83. The van der Waals surface area contributed by atoms with Gasteiger partial charge in [0.25, 0.3) is 0 Å². The standard InChI is InChI=1S/C18H22O2/c1-13(19)14-9-5-7-11-16(14)20-17-12-8-6-10-15(17)18(2,3)4/h5-13,19H,1-4H3/t13-/m0/s1. The van der Waals surface area contributed by atoms with Crippen molar-refractivity contribution >= 4 is 0 Å². The van der Waals surface area contributed by atoms with Gasteiger partial charge in [-0.2, -0.15) is 0 Å².